The molecule has 3 aromatic carbocycles. The molecule has 0 fully saturated rings. The van der Waals surface area contributed by atoms with E-state index in [2.05, 4.69) is 10.6 Å². The molecule has 3 nitrogen and oxygen atoms in total. The van der Waals surface area contributed by atoms with Gasteiger partial charge in [0.2, 0.25) is 0 Å². The van der Waals surface area contributed by atoms with Crippen molar-refractivity contribution in [1.82, 2.24) is 0 Å². The number of halogens is 2. The number of hydrogen-bond acceptors (Lipinski definition) is 3. The second kappa shape index (κ2) is 8.68. The molecule has 0 saturated carbocycles. The van der Waals surface area contributed by atoms with E-state index >= 15 is 0 Å². The molecule has 1 amide bonds. The fraction of sp³-hybridized carbons (Fsp3) is 0.0952. The van der Waals surface area contributed by atoms with E-state index in [-0.39, 0.29) is 5.91 Å². The highest BCUT2D eigenvalue weighted by atomic mass is 32.2. The Morgan fingerprint density at radius 1 is 0.926 bits per heavy atom. The third-order valence-corrected chi connectivity index (χ3v) is 4.61. The van der Waals surface area contributed by atoms with Gasteiger partial charge in [-0.25, -0.2) is 0 Å². The Hall–Kier alpha value is -2.86. The van der Waals surface area contributed by atoms with E-state index in [1.807, 2.05) is 37.3 Å². The van der Waals surface area contributed by atoms with Gasteiger partial charge in [-0.1, -0.05) is 48.2 Å². The predicted octanol–water partition coefficient (Wildman–Crippen LogP) is 6.31. The molecule has 2 N–H and O–H groups in total. The molecule has 0 spiro atoms. The van der Waals surface area contributed by atoms with Crippen molar-refractivity contribution in [2.45, 2.75) is 17.6 Å². The lowest BCUT2D eigenvalue weighted by atomic mass is 10.1. The number of nitrogens with one attached hydrogen (secondary N) is 2. The summed E-state index contributed by atoms with van der Waals surface area (Å²) in [5.74, 6) is -2.72. The van der Waals surface area contributed by atoms with Crippen molar-refractivity contribution in [3.63, 3.8) is 0 Å². The summed E-state index contributed by atoms with van der Waals surface area (Å²) < 4.78 is 25.2. The number of anilines is 3. The summed E-state index contributed by atoms with van der Waals surface area (Å²) in [6.45, 7) is 1.92. The van der Waals surface area contributed by atoms with Crippen molar-refractivity contribution in [3.05, 3.63) is 83.9 Å². The standard InChI is InChI=1S/C21H18F2N2OS/c1-14-7-2-4-11-18(14)25-20(26)17-10-3-5-12-19(17)24-15-8-6-9-16(13-15)27-21(22)23/h2-13,21,24H,1H3,(H,25,26). The first-order chi connectivity index (χ1) is 13.0. The quantitative estimate of drug-likeness (QED) is 0.490. The van der Waals surface area contributed by atoms with Crippen molar-refractivity contribution < 1.29 is 13.6 Å². The minimum Gasteiger partial charge on any atom is -0.355 e. The largest absolute Gasteiger partial charge is 0.355 e. The molecule has 0 atom stereocenters. The lowest BCUT2D eigenvalue weighted by Gasteiger charge is -2.14. The molecular weight excluding hydrogens is 366 g/mol. The highest BCUT2D eigenvalue weighted by molar-refractivity contribution is 7.99. The molecule has 0 aliphatic heterocycles. The molecular formula is C21H18F2N2OS. The summed E-state index contributed by atoms with van der Waals surface area (Å²) in [6.07, 6.45) is 0. The summed E-state index contributed by atoms with van der Waals surface area (Å²) in [7, 11) is 0. The molecule has 27 heavy (non-hydrogen) atoms. The monoisotopic (exact) mass is 384 g/mol. The van der Waals surface area contributed by atoms with Crippen molar-refractivity contribution in [2.75, 3.05) is 10.6 Å². The Kier molecular flexibility index (Phi) is 6.08. The maximum atomic E-state index is 12.7. The van der Waals surface area contributed by atoms with Gasteiger partial charge >= 0.3 is 0 Å². The molecule has 0 aliphatic carbocycles. The maximum absolute atomic E-state index is 12.7. The topological polar surface area (TPSA) is 41.1 Å². The molecule has 3 rings (SSSR count). The second-order valence-corrected chi connectivity index (χ2v) is 6.91. The van der Waals surface area contributed by atoms with Gasteiger partial charge in [-0.2, -0.15) is 8.78 Å². The average molecular weight is 384 g/mol. The molecule has 0 radical (unpaired) electrons. The maximum Gasteiger partial charge on any atom is 0.288 e. The van der Waals surface area contributed by atoms with E-state index in [9.17, 15) is 13.6 Å². The van der Waals surface area contributed by atoms with Crippen LogP contribution in [0.1, 0.15) is 15.9 Å². The zero-order valence-corrected chi connectivity index (χ0v) is 15.4. The zero-order valence-electron chi connectivity index (χ0n) is 14.6. The molecule has 0 aliphatic rings. The van der Waals surface area contributed by atoms with Gasteiger partial charge in [0, 0.05) is 16.3 Å². The normalized spacial score (nSPS) is 10.7. The second-order valence-electron chi connectivity index (χ2n) is 5.85. The number of amides is 1. The highest BCUT2D eigenvalue weighted by Crippen LogP contribution is 2.29. The zero-order chi connectivity index (χ0) is 19.2. The summed E-state index contributed by atoms with van der Waals surface area (Å²) in [5.41, 5.74) is 3.41. The lowest BCUT2D eigenvalue weighted by Crippen LogP contribution is -2.14. The van der Waals surface area contributed by atoms with E-state index in [0.717, 1.165) is 11.3 Å². The molecule has 0 saturated heterocycles. The Labute approximate surface area is 160 Å². The summed E-state index contributed by atoms with van der Waals surface area (Å²) in [4.78, 5) is 13.2. The van der Waals surface area contributed by atoms with Crippen LogP contribution in [-0.2, 0) is 0 Å². The third kappa shape index (κ3) is 5.08. The Bertz CT molecular complexity index is 947. The van der Waals surface area contributed by atoms with E-state index < -0.39 is 5.76 Å². The summed E-state index contributed by atoms with van der Waals surface area (Å²) in [6, 6.07) is 21.3. The van der Waals surface area contributed by atoms with E-state index in [4.69, 9.17) is 0 Å². The molecule has 138 valence electrons. The first-order valence-electron chi connectivity index (χ1n) is 8.31. The molecule has 0 unspecified atom stereocenters. The summed E-state index contributed by atoms with van der Waals surface area (Å²) >= 11 is 0.484. The molecule has 0 heterocycles. The Morgan fingerprint density at radius 2 is 1.63 bits per heavy atom. The number of carbonyl (C=O) groups excluding carboxylic acids is 1. The fourth-order valence-electron chi connectivity index (χ4n) is 2.60. The molecule has 6 heteroatoms. The lowest BCUT2D eigenvalue weighted by molar-refractivity contribution is 0.102. The van der Waals surface area contributed by atoms with Gasteiger partial charge in [-0.15, -0.1) is 0 Å². The number of thioether (sulfide) groups is 1. The molecule has 0 aromatic heterocycles. The number of benzene rings is 3. The minimum absolute atomic E-state index is 0.245. The van der Waals surface area contributed by atoms with Gasteiger partial charge in [0.1, 0.15) is 0 Å². The first-order valence-corrected chi connectivity index (χ1v) is 9.19. The average Bonchev–Trinajstić information content (AvgIpc) is 2.64. The number of para-hydroxylation sites is 2. The van der Waals surface area contributed by atoms with Crippen LogP contribution in [0.4, 0.5) is 25.8 Å². The van der Waals surface area contributed by atoms with Crippen LogP contribution >= 0.6 is 11.8 Å². The van der Waals surface area contributed by atoms with Crippen LogP contribution in [0.2, 0.25) is 0 Å². The number of carbonyl (C=O) groups is 1. The Balaban J connectivity index is 1.82. The highest BCUT2D eigenvalue weighted by Gasteiger charge is 2.13. The van der Waals surface area contributed by atoms with Gasteiger partial charge in [-0.05, 0) is 48.9 Å². The van der Waals surface area contributed by atoms with Gasteiger partial charge < -0.3 is 10.6 Å². The van der Waals surface area contributed by atoms with E-state index in [0.29, 0.717) is 33.6 Å². The first kappa shape index (κ1) is 18.9. The molecule has 3 aromatic rings. The minimum atomic E-state index is -2.48. The van der Waals surface area contributed by atoms with Crippen LogP contribution in [0.15, 0.2) is 77.7 Å². The van der Waals surface area contributed by atoms with E-state index in [1.165, 1.54) is 0 Å². The number of alkyl halides is 2. The van der Waals surface area contributed by atoms with Crippen molar-refractivity contribution in [2.24, 2.45) is 0 Å². The number of rotatable bonds is 6. The van der Waals surface area contributed by atoms with Gasteiger partial charge in [-0.3, -0.25) is 4.79 Å². The smallest absolute Gasteiger partial charge is 0.288 e. The van der Waals surface area contributed by atoms with Crippen LogP contribution in [0.3, 0.4) is 0 Å². The Morgan fingerprint density at radius 3 is 2.37 bits per heavy atom. The van der Waals surface area contributed by atoms with Crippen LogP contribution in [0.5, 0.6) is 0 Å². The number of hydrogen-bond donors (Lipinski definition) is 2. The van der Waals surface area contributed by atoms with Crippen molar-refractivity contribution in [3.8, 4) is 0 Å². The molecule has 0 bridgehead atoms. The van der Waals surface area contributed by atoms with Gasteiger partial charge in [0.25, 0.3) is 11.7 Å². The van der Waals surface area contributed by atoms with Crippen molar-refractivity contribution in [1.29, 1.82) is 0 Å². The van der Waals surface area contributed by atoms with Crippen molar-refractivity contribution >= 4 is 34.7 Å². The van der Waals surface area contributed by atoms with Crippen LogP contribution < -0.4 is 10.6 Å². The fourth-order valence-corrected chi connectivity index (χ4v) is 3.16. The van der Waals surface area contributed by atoms with E-state index in [1.54, 1.807) is 42.5 Å². The van der Waals surface area contributed by atoms with Gasteiger partial charge in [0.15, 0.2) is 0 Å². The predicted molar refractivity (Wildman–Crippen MR) is 107 cm³/mol. The van der Waals surface area contributed by atoms with Crippen LogP contribution in [0, 0.1) is 6.92 Å². The van der Waals surface area contributed by atoms with Crippen LogP contribution in [0.25, 0.3) is 0 Å². The van der Waals surface area contributed by atoms with Crippen LogP contribution in [-0.4, -0.2) is 11.7 Å². The third-order valence-electron chi connectivity index (χ3n) is 3.90. The summed E-state index contributed by atoms with van der Waals surface area (Å²) in [5, 5.41) is 6.06. The van der Waals surface area contributed by atoms with Gasteiger partial charge in [0.05, 0.1) is 11.3 Å². The SMILES string of the molecule is Cc1ccccc1NC(=O)c1ccccc1Nc1cccc(SC(F)F)c1. The number of aryl methyl sites for hydroxylation is 1.